The molecule has 5 rings (SSSR count). The normalized spacial score (nSPS) is 16.5. The van der Waals surface area contributed by atoms with Crippen LogP contribution in [0, 0.1) is 11.6 Å². The number of likely N-dealkylation sites (tertiary alicyclic amines) is 1. The van der Waals surface area contributed by atoms with Crippen molar-refractivity contribution < 1.29 is 13.6 Å². The molecule has 2 N–H and O–H groups in total. The molecule has 0 radical (unpaired) electrons. The molecule has 1 fully saturated rings. The molecule has 1 aliphatic heterocycles. The summed E-state index contributed by atoms with van der Waals surface area (Å²) in [6, 6.07) is 2.48. The smallest absolute Gasteiger partial charge is 0.246 e. The van der Waals surface area contributed by atoms with Gasteiger partial charge in [-0.1, -0.05) is 0 Å². The van der Waals surface area contributed by atoms with Gasteiger partial charge in [0.15, 0.2) is 11.6 Å². The zero-order chi connectivity index (χ0) is 21.4. The van der Waals surface area contributed by atoms with Crippen LogP contribution >= 0.6 is 0 Å². The van der Waals surface area contributed by atoms with Gasteiger partial charge in [-0.3, -0.25) is 4.79 Å². The summed E-state index contributed by atoms with van der Waals surface area (Å²) in [7, 11) is 0. The van der Waals surface area contributed by atoms with Crippen molar-refractivity contribution in [3.05, 3.63) is 70.8 Å². The van der Waals surface area contributed by atoms with E-state index in [1.54, 1.807) is 29.6 Å². The number of nitrogens with zero attached hydrogens (tertiary/aromatic N) is 5. The third-order valence-electron chi connectivity index (χ3n) is 5.64. The molecule has 0 bridgehead atoms. The highest BCUT2D eigenvalue weighted by Gasteiger charge is 2.32. The first-order chi connectivity index (χ1) is 15.0. The number of halogens is 2. The molecule has 1 amide bonds. The Morgan fingerprint density at radius 2 is 1.77 bits per heavy atom. The minimum Gasteiger partial charge on any atom is -0.351 e. The molecule has 10 heteroatoms. The van der Waals surface area contributed by atoms with Gasteiger partial charge in [0.2, 0.25) is 11.9 Å². The Bertz CT molecular complexity index is 1090. The predicted octanol–water partition coefficient (Wildman–Crippen LogP) is 2.09. The predicted molar refractivity (Wildman–Crippen MR) is 108 cm³/mol. The first-order valence-electron chi connectivity index (χ1n) is 9.93. The lowest BCUT2D eigenvalue weighted by Crippen LogP contribution is -2.47. The molecule has 0 atom stereocenters. The monoisotopic (exact) mass is 423 g/mol. The molecule has 8 nitrogen and oxygen atoms in total. The highest BCUT2D eigenvalue weighted by Crippen LogP contribution is 2.27. The zero-order valence-corrected chi connectivity index (χ0v) is 16.4. The largest absolute Gasteiger partial charge is 0.351 e. The van der Waals surface area contributed by atoms with E-state index in [9.17, 15) is 13.6 Å². The van der Waals surface area contributed by atoms with E-state index in [1.165, 1.54) is 18.2 Å². The Morgan fingerprint density at radius 1 is 1.10 bits per heavy atom. The SMILES string of the molecule is O=C(/C=C/c1cnc(NC2Cc3cc(F)c(F)cc3C2)nc1)N1CC(c2cn[nH]n2)C1. The second kappa shape index (κ2) is 7.86. The maximum Gasteiger partial charge on any atom is 0.246 e. The van der Waals surface area contributed by atoms with Gasteiger partial charge in [-0.25, -0.2) is 18.7 Å². The van der Waals surface area contributed by atoms with E-state index in [1.807, 2.05) is 0 Å². The van der Waals surface area contributed by atoms with Crippen molar-refractivity contribution >= 4 is 17.9 Å². The van der Waals surface area contributed by atoms with Gasteiger partial charge in [-0.2, -0.15) is 15.4 Å². The average Bonchev–Trinajstić information content (AvgIpc) is 3.37. The summed E-state index contributed by atoms with van der Waals surface area (Å²) in [6.45, 7) is 1.24. The van der Waals surface area contributed by atoms with Gasteiger partial charge in [-0.15, -0.1) is 0 Å². The lowest BCUT2D eigenvalue weighted by Gasteiger charge is -2.37. The van der Waals surface area contributed by atoms with E-state index >= 15 is 0 Å². The number of fused-ring (bicyclic) bond motifs is 1. The van der Waals surface area contributed by atoms with Gasteiger partial charge in [0.05, 0.1) is 11.9 Å². The van der Waals surface area contributed by atoms with E-state index < -0.39 is 11.6 Å². The summed E-state index contributed by atoms with van der Waals surface area (Å²) < 4.78 is 26.8. The van der Waals surface area contributed by atoms with Crippen molar-refractivity contribution in [3.63, 3.8) is 0 Å². The van der Waals surface area contributed by atoms with E-state index in [2.05, 4.69) is 30.7 Å². The number of aromatic nitrogens is 5. The fraction of sp³-hybridized carbons (Fsp3) is 0.286. The Hall–Kier alpha value is -3.69. The molecule has 0 unspecified atom stereocenters. The van der Waals surface area contributed by atoms with Crippen LogP contribution in [0.15, 0.2) is 36.8 Å². The van der Waals surface area contributed by atoms with Crippen molar-refractivity contribution in [1.29, 1.82) is 0 Å². The lowest BCUT2D eigenvalue weighted by atomic mass is 9.97. The summed E-state index contributed by atoms with van der Waals surface area (Å²) in [5, 5.41) is 13.6. The molecule has 0 spiro atoms. The fourth-order valence-corrected chi connectivity index (χ4v) is 3.92. The molecule has 1 aliphatic carbocycles. The maximum atomic E-state index is 13.4. The van der Waals surface area contributed by atoms with E-state index in [0.717, 1.165) is 16.8 Å². The number of aromatic amines is 1. The molecular weight excluding hydrogens is 404 g/mol. The summed E-state index contributed by atoms with van der Waals surface area (Å²) in [5.41, 5.74) is 3.16. The van der Waals surface area contributed by atoms with Crippen molar-refractivity contribution in [2.24, 2.45) is 0 Å². The molecular formula is C21H19F2N7O. The number of H-pyrrole nitrogens is 1. The number of carbonyl (C=O) groups excluding carboxylic acids is 1. The molecule has 1 aromatic carbocycles. The van der Waals surface area contributed by atoms with Crippen LogP contribution in [0.1, 0.15) is 28.3 Å². The van der Waals surface area contributed by atoms with Gasteiger partial charge in [0, 0.05) is 49.1 Å². The topological polar surface area (TPSA) is 99.7 Å². The first-order valence-corrected chi connectivity index (χ1v) is 9.93. The average molecular weight is 423 g/mol. The van der Waals surface area contributed by atoms with Gasteiger partial charge in [0.25, 0.3) is 0 Å². The zero-order valence-electron chi connectivity index (χ0n) is 16.4. The fourth-order valence-electron chi connectivity index (χ4n) is 3.92. The quantitative estimate of drug-likeness (QED) is 0.610. The van der Waals surface area contributed by atoms with E-state index in [0.29, 0.717) is 37.4 Å². The molecule has 1 saturated heterocycles. The Morgan fingerprint density at radius 3 is 2.39 bits per heavy atom. The molecule has 3 aromatic rings. The maximum absolute atomic E-state index is 13.4. The summed E-state index contributed by atoms with van der Waals surface area (Å²) in [6.07, 6.45) is 9.25. The molecule has 2 aliphatic rings. The summed E-state index contributed by atoms with van der Waals surface area (Å²) in [4.78, 5) is 22.5. The molecule has 158 valence electrons. The number of nitrogens with one attached hydrogen (secondary N) is 2. The summed E-state index contributed by atoms with van der Waals surface area (Å²) >= 11 is 0. The van der Waals surface area contributed by atoms with E-state index in [4.69, 9.17) is 0 Å². The van der Waals surface area contributed by atoms with Crippen molar-refractivity contribution in [3.8, 4) is 0 Å². The van der Waals surface area contributed by atoms with Crippen LogP contribution in [0.25, 0.3) is 6.08 Å². The second-order valence-corrected chi connectivity index (χ2v) is 7.79. The molecule has 31 heavy (non-hydrogen) atoms. The van der Waals surface area contributed by atoms with Gasteiger partial charge < -0.3 is 10.2 Å². The van der Waals surface area contributed by atoms with Crippen molar-refractivity contribution in [1.82, 2.24) is 30.3 Å². The van der Waals surface area contributed by atoms with Gasteiger partial charge in [0.1, 0.15) is 0 Å². The Kier molecular flexibility index (Phi) is 4.89. The molecule has 3 heterocycles. The minimum absolute atomic E-state index is 0.0248. The second-order valence-electron chi connectivity index (χ2n) is 7.79. The van der Waals surface area contributed by atoms with Crippen molar-refractivity contribution in [2.45, 2.75) is 24.8 Å². The number of amides is 1. The third kappa shape index (κ3) is 4.00. The van der Waals surface area contributed by atoms with Crippen LogP contribution in [0.3, 0.4) is 0 Å². The summed E-state index contributed by atoms with van der Waals surface area (Å²) in [5.74, 6) is -1.08. The highest BCUT2D eigenvalue weighted by atomic mass is 19.2. The number of hydrogen-bond acceptors (Lipinski definition) is 6. The van der Waals surface area contributed by atoms with Crippen LogP contribution in [-0.4, -0.2) is 55.3 Å². The minimum atomic E-state index is -0.826. The number of carbonyl (C=O) groups is 1. The Balaban J connectivity index is 1.13. The van der Waals surface area contributed by atoms with Crippen molar-refractivity contribution in [2.75, 3.05) is 18.4 Å². The highest BCUT2D eigenvalue weighted by molar-refractivity contribution is 5.92. The number of anilines is 1. The first kappa shape index (κ1) is 19.3. The Labute approximate surface area is 176 Å². The van der Waals surface area contributed by atoms with E-state index in [-0.39, 0.29) is 17.9 Å². The third-order valence-corrected chi connectivity index (χ3v) is 5.64. The van der Waals surface area contributed by atoms with Crippen LogP contribution in [0.2, 0.25) is 0 Å². The standard InChI is InChI=1S/C21H19F2N7O/c22-17-5-13-3-16(4-14(13)6-18(17)23)27-21-24-7-12(8-25-21)1-2-20(31)30-10-15(11-30)19-9-26-29-28-19/h1-2,5-9,15-16H,3-4,10-11H2,(H,24,25,27)(H,26,28,29)/b2-1+. The number of benzene rings is 1. The number of rotatable bonds is 5. The van der Waals surface area contributed by atoms with Crippen LogP contribution in [0.4, 0.5) is 14.7 Å². The molecule has 2 aromatic heterocycles. The van der Waals surface area contributed by atoms with Gasteiger partial charge >= 0.3 is 0 Å². The van der Waals surface area contributed by atoms with Gasteiger partial charge in [-0.05, 0) is 42.2 Å². The molecule has 0 saturated carbocycles. The lowest BCUT2D eigenvalue weighted by molar-refractivity contribution is -0.130. The van der Waals surface area contributed by atoms with Crippen LogP contribution in [-0.2, 0) is 17.6 Å². The van der Waals surface area contributed by atoms with Crippen LogP contribution < -0.4 is 5.32 Å². The van der Waals surface area contributed by atoms with Crippen LogP contribution in [0.5, 0.6) is 0 Å². The number of hydrogen-bond donors (Lipinski definition) is 2.